The number of carbonyl (C=O) groups excluding carboxylic acids is 1. The summed E-state index contributed by atoms with van der Waals surface area (Å²) in [5.41, 5.74) is 4.02. The Kier molecular flexibility index (Phi) is 2.82. The molecule has 1 N–H and O–H groups in total. The van der Waals surface area contributed by atoms with E-state index in [1.165, 1.54) is 0 Å². The Bertz CT molecular complexity index is 874. The summed E-state index contributed by atoms with van der Waals surface area (Å²) in [5.74, 6) is 1.01. The van der Waals surface area contributed by atoms with E-state index in [-0.39, 0.29) is 5.91 Å². The molecule has 0 atom stereocenters. The van der Waals surface area contributed by atoms with Crippen LogP contribution in [-0.4, -0.2) is 31.9 Å². The van der Waals surface area contributed by atoms with Crippen LogP contribution in [0.2, 0.25) is 0 Å². The van der Waals surface area contributed by atoms with E-state index in [0.717, 1.165) is 46.6 Å². The molecule has 0 fully saturated rings. The molecule has 0 spiro atoms. The Labute approximate surface area is 128 Å². The van der Waals surface area contributed by atoms with Crippen molar-refractivity contribution in [3.63, 3.8) is 0 Å². The highest BCUT2D eigenvalue weighted by molar-refractivity contribution is 6.07. The molecule has 1 aliphatic rings. The van der Waals surface area contributed by atoms with E-state index in [2.05, 4.69) is 9.97 Å². The maximum atomic E-state index is 12.9. The number of para-hydroxylation sites is 1. The number of nitrogens with zero attached hydrogens (tertiary/aromatic N) is 3. The van der Waals surface area contributed by atoms with Crippen LogP contribution >= 0.6 is 0 Å². The fourth-order valence-corrected chi connectivity index (χ4v) is 3.29. The largest absolute Gasteiger partial charge is 0.350 e. The second-order valence-corrected chi connectivity index (χ2v) is 5.89. The van der Waals surface area contributed by atoms with Crippen LogP contribution in [0.15, 0.2) is 30.5 Å². The smallest absolute Gasteiger partial charge is 0.256 e. The normalized spacial score (nSPS) is 14.4. The van der Waals surface area contributed by atoms with Crippen LogP contribution in [-0.2, 0) is 20.0 Å². The van der Waals surface area contributed by atoms with Gasteiger partial charge in [0.25, 0.3) is 5.91 Å². The summed E-state index contributed by atoms with van der Waals surface area (Å²) >= 11 is 0. The van der Waals surface area contributed by atoms with Gasteiger partial charge in [-0.05, 0) is 13.0 Å². The summed E-state index contributed by atoms with van der Waals surface area (Å²) in [4.78, 5) is 22.6. The van der Waals surface area contributed by atoms with E-state index in [1.54, 1.807) is 0 Å². The van der Waals surface area contributed by atoms with Gasteiger partial charge in [0.05, 0.1) is 23.5 Å². The van der Waals surface area contributed by atoms with Gasteiger partial charge in [0, 0.05) is 37.1 Å². The number of aryl methyl sites for hydroxylation is 2. The Morgan fingerprint density at radius 1 is 1.32 bits per heavy atom. The summed E-state index contributed by atoms with van der Waals surface area (Å²) in [6.45, 7) is 3.28. The van der Waals surface area contributed by atoms with Gasteiger partial charge in [-0.1, -0.05) is 18.2 Å². The number of imidazole rings is 1. The predicted molar refractivity (Wildman–Crippen MR) is 84.7 cm³/mol. The molecule has 5 heteroatoms. The first kappa shape index (κ1) is 13.1. The van der Waals surface area contributed by atoms with Crippen molar-refractivity contribution in [1.29, 1.82) is 0 Å². The third-order valence-corrected chi connectivity index (χ3v) is 4.36. The number of hydrogen-bond donors (Lipinski definition) is 1. The standard InChI is InChI=1S/C17H18N4O/c1-11-18-14-7-8-21(10-15(14)19-11)17(22)13-9-20(2)16-6-4-3-5-12(13)16/h3-6,9H,7-8,10H2,1-2H3,(H,18,19). The summed E-state index contributed by atoms with van der Waals surface area (Å²) < 4.78 is 2.01. The van der Waals surface area contributed by atoms with Crippen LogP contribution in [0, 0.1) is 6.92 Å². The van der Waals surface area contributed by atoms with Crippen molar-refractivity contribution >= 4 is 16.8 Å². The number of nitrogens with one attached hydrogen (secondary N) is 1. The van der Waals surface area contributed by atoms with Gasteiger partial charge >= 0.3 is 0 Å². The molecule has 1 aliphatic heterocycles. The fourth-order valence-electron chi connectivity index (χ4n) is 3.29. The quantitative estimate of drug-likeness (QED) is 0.749. The summed E-state index contributed by atoms with van der Waals surface area (Å²) in [5, 5.41) is 1.02. The highest BCUT2D eigenvalue weighted by Gasteiger charge is 2.25. The predicted octanol–water partition coefficient (Wildman–Crippen LogP) is 2.41. The van der Waals surface area contributed by atoms with Crippen LogP contribution < -0.4 is 0 Å². The Morgan fingerprint density at radius 2 is 2.14 bits per heavy atom. The lowest BCUT2D eigenvalue weighted by atomic mass is 10.1. The number of benzene rings is 1. The lowest BCUT2D eigenvalue weighted by Gasteiger charge is -2.26. The van der Waals surface area contributed by atoms with E-state index in [0.29, 0.717) is 6.54 Å². The number of aromatic nitrogens is 3. The van der Waals surface area contributed by atoms with Gasteiger partial charge in [-0.25, -0.2) is 4.98 Å². The van der Waals surface area contributed by atoms with Crippen molar-refractivity contribution in [3.8, 4) is 0 Å². The molecule has 22 heavy (non-hydrogen) atoms. The molecule has 2 aromatic heterocycles. The first-order valence-electron chi connectivity index (χ1n) is 7.51. The van der Waals surface area contributed by atoms with Crippen LogP contribution in [0.1, 0.15) is 27.6 Å². The molecule has 3 aromatic rings. The number of H-pyrrole nitrogens is 1. The van der Waals surface area contributed by atoms with Gasteiger partial charge in [-0.2, -0.15) is 0 Å². The van der Waals surface area contributed by atoms with Crippen LogP contribution in [0.4, 0.5) is 0 Å². The SMILES string of the molecule is Cc1nc2c([nH]1)CN(C(=O)c1cn(C)c3ccccc13)CC2. The topological polar surface area (TPSA) is 53.9 Å². The van der Waals surface area contributed by atoms with Crippen molar-refractivity contribution < 1.29 is 4.79 Å². The fraction of sp³-hybridized carbons (Fsp3) is 0.294. The van der Waals surface area contributed by atoms with E-state index in [1.807, 2.05) is 53.9 Å². The molecule has 112 valence electrons. The van der Waals surface area contributed by atoms with E-state index in [9.17, 15) is 4.79 Å². The molecular formula is C17H18N4O. The van der Waals surface area contributed by atoms with Crippen LogP contribution in [0.3, 0.4) is 0 Å². The van der Waals surface area contributed by atoms with Crippen molar-refractivity contribution in [2.45, 2.75) is 19.9 Å². The minimum atomic E-state index is 0.0923. The lowest BCUT2D eigenvalue weighted by molar-refractivity contribution is 0.0733. The molecule has 0 radical (unpaired) electrons. The molecule has 5 nitrogen and oxygen atoms in total. The van der Waals surface area contributed by atoms with Crippen molar-refractivity contribution in [1.82, 2.24) is 19.4 Å². The monoisotopic (exact) mass is 294 g/mol. The van der Waals surface area contributed by atoms with Gasteiger partial charge in [-0.3, -0.25) is 4.79 Å². The molecule has 0 saturated carbocycles. The first-order chi connectivity index (χ1) is 10.6. The number of aromatic amines is 1. The van der Waals surface area contributed by atoms with Gasteiger partial charge in [0.15, 0.2) is 0 Å². The Balaban J connectivity index is 1.70. The average Bonchev–Trinajstić information content (AvgIpc) is 3.06. The zero-order valence-electron chi connectivity index (χ0n) is 12.8. The van der Waals surface area contributed by atoms with Crippen molar-refractivity contribution in [2.75, 3.05) is 6.54 Å². The van der Waals surface area contributed by atoms with E-state index >= 15 is 0 Å². The van der Waals surface area contributed by atoms with Crippen molar-refractivity contribution in [3.05, 3.63) is 53.2 Å². The molecule has 0 saturated heterocycles. The molecule has 0 bridgehead atoms. The Morgan fingerprint density at radius 3 is 3.00 bits per heavy atom. The summed E-state index contributed by atoms with van der Waals surface area (Å²) in [7, 11) is 1.98. The number of hydrogen-bond acceptors (Lipinski definition) is 2. The highest BCUT2D eigenvalue weighted by atomic mass is 16.2. The summed E-state index contributed by atoms with van der Waals surface area (Å²) in [6, 6.07) is 8.03. The minimum absolute atomic E-state index is 0.0923. The molecule has 3 heterocycles. The maximum Gasteiger partial charge on any atom is 0.256 e. The van der Waals surface area contributed by atoms with Gasteiger partial charge in [0.1, 0.15) is 5.82 Å². The van der Waals surface area contributed by atoms with Crippen LogP contribution in [0.5, 0.6) is 0 Å². The van der Waals surface area contributed by atoms with Gasteiger partial charge in [-0.15, -0.1) is 0 Å². The highest BCUT2D eigenvalue weighted by Crippen LogP contribution is 2.24. The lowest BCUT2D eigenvalue weighted by Crippen LogP contribution is -2.36. The third-order valence-electron chi connectivity index (χ3n) is 4.36. The molecular weight excluding hydrogens is 276 g/mol. The molecule has 0 unspecified atom stereocenters. The average molecular weight is 294 g/mol. The first-order valence-corrected chi connectivity index (χ1v) is 7.51. The van der Waals surface area contributed by atoms with E-state index < -0.39 is 0 Å². The minimum Gasteiger partial charge on any atom is -0.350 e. The van der Waals surface area contributed by atoms with Crippen molar-refractivity contribution in [2.24, 2.45) is 7.05 Å². The maximum absolute atomic E-state index is 12.9. The summed E-state index contributed by atoms with van der Waals surface area (Å²) in [6.07, 6.45) is 2.75. The second-order valence-electron chi connectivity index (χ2n) is 5.89. The molecule has 0 aliphatic carbocycles. The number of rotatable bonds is 1. The van der Waals surface area contributed by atoms with Crippen LogP contribution in [0.25, 0.3) is 10.9 Å². The molecule has 1 amide bonds. The zero-order valence-corrected chi connectivity index (χ0v) is 12.8. The zero-order chi connectivity index (χ0) is 15.3. The molecule has 1 aromatic carbocycles. The number of carbonyl (C=O) groups is 1. The third kappa shape index (κ3) is 1.93. The Hall–Kier alpha value is -2.56. The molecule has 4 rings (SSSR count). The second kappa shape index (κ2) is 4.73. The van der Waals surface area contributed by atoms with Gasteiger partial charge in [0.2, 0.25) is 0 Å². The van der Waals surface area contributed by atoms with E-state index in [4.69, 9.17) is 0 Å². The number of fused-ring (bicyclic) bond motifs is 2. The van der Waals surface area contributed by atoms with Gasteiger partial charge < -0.3 is 14.5 Å². The number of amides is 1.